The molecule has 0 heterocycles. The van der Waals surface area contributed by atoms with Crippen LogP contribution in [0, 0.1) is 6.92 Å². The van der Waals surface area contributed by atoms with E-state index >= 15 is 0 Å². The standard InChI is InChI=1S/C16H16NO2/c1-12-7-9-13(10-8-12)16(18)17-11-14-5-3-4-6-15(14)19-2/h3-10H,1,11H2,2H3,(H,17,18). The van der Waals surface area contributed by atoms with Gasteiger partial charge in [0.1, 0.15) is 5.75 Å². The van der Waals surface area contributed by atoms with Crippen molar-refractivity contribution in [1.29, 1.82) is 0 Å². The van der Waals surface area contributed by atoms with E-state index in [-0.39, 0.29) is 5.91 Å². The lowest BCUT2D eigenvalue weighted by Crippen LogP contribution is -2.22. The van der Waals surface area contributed by atoms with Crippen molar-refractivity contribution in [3.8, 4) is 5.75 Å². The highest BCUT2D eigenvalue weighted by atomic mass is 16.5. The van der Waals surface area contributed by atoms with Crippen LogP contribution in [0.25, 0.3) is 0 Å². The zero-order valence-electron chi connectivity index (χ0n) is 10.8. The van der Waals surface area contributed by atoms with Gasteiger partial charge in [0.05, 0.1) is 7.11 Å². The van der Waals surface area contributed by atoms with Gasteiger partial charge in [0.15, 0.2) is 0 Å². The van der Waals surface area contributed by atoms with Crippen LogP contribution in [0.4, 0.5) is 0 Å². The normalized spacial score (nSPS) is 10.0. The van der Waals surface area contributed by atoms with Crippen molar-refractivity contribution in [2.24, 2.45) is 0 Å². The van der Waals surface area contributed by atoms with E-state index in [0.717, 1.165) is 16.9 Å². The quantitative estimate of drug-likeness (QED) is 0.911. The summed E-state index contributed by atoms with van der Waals surface area (Å²) < 4.78 is 5.24. The third-order valence-electron chi connectivity index (χ3n) is 2.85. The minimum absolute atomic E-state index is 0.106. The second-order valence-electron chi connectivity index (χ2n) is 4.19. The van der Waals surface area contributed by atoms with E-state index in [1.807, 2.05) is 36.4 Å². The third kappa shape index (κ3) is 3.35. The van der Waals surface area contributed by atoms with Crippen LogP contribution in [0.3, 0.4) is 0 Å². The molecule has 2 aromatic rings. The molecule has 2 rings (SSSR count). The highest BCUT2D eigenvalue weighted by Crippen LogP contribution is 2.16. The van der Waals surface area contributed by atoms with Crippen molar-refractivity contribution < 1.29 is 9.53 Å². The lowest BCUT2D eigenvalue weighted by molar-refractivity contribution is 0.0950. The molecule has 0 spiro atoms. The Morgan fingerprint density at radius 3 is 2.53 bits per heavy atom. The summed E-state index contributed by atoms with van der Waals surface area (Å²) in [5.74, 6) is 0.668. The van der Waals surface area contributed by atoms with Crippen molar-refractivity contribution in [1.82, 2.24) is 5.32 Å². The van der Waals surface area contributed by atoms with Crippen LogP contribution in [-0.2, 0) is 6.54 Å². The molecule has 0 aliphatic heterocycles. The van der Waals surface area contributed by atoms with Crippen LogP contribution in [0.2, 0.25) is 0 Å². The number of amides is 1. The number of rotatable bonds is 4. The summed E-state index contributed by atoms with van der Waals surface area (Å²) in [6, 6.07) is 14.8. The molecule has 1 N–H and O–H groups in total. The summed E-state index contributed by atoms with van der Waals surface area (Å²) in [6.07, 6.45) is 0. The fourth-order valence-electron chi connectivity index (χ4n) is 1.78. The Balaban J connectivity index is 2.02. The molecule has 0 bridgehead atoms. The van der Waals surface area contributed by atoms with E-state index in [0.29, 0.717) is 12.1 Å². The Labute approximate surface area is 113 Å². The minimum Gasteiger partial charge on any atom is -0.496 e. The molecule has 0 aliphatic carbocycles. The minimum atomic E-state index is -0.106. The monoisotopic (exact) mass is 254 g/mol. The number of nitrogens with one attached hydrogen (secondary N) is 1. The fourth-order valence-corrected chi connectivity index (χ4v) is 1.78. The first kappa shape index (κ1) is 13.1. The molecule has 3 nitrogen and oxygen atoms in total. The van der Waals surface area contributed by atoms with E-state index < -0.39 is 0 Å². The van der Waals surface area contributed by atoms with E-state index in [1.165, 1.54) is 0 Å². The first-order valence-electron chi connectivity index (χ1n) is 6.03. The molecule has 0 saturated heterocycles. The van der Waals surface area contributed by atoms with Gasteiger partial charge in [-0.2, -0.15) is 0 Å². The fraction of sp³-hybridized carbons (Fsp3) is 0.125. The van der Waals surface area contributed by atoms with Crippen LogP contribution in [0.1, 0.15) is 21.5 Å². The maximum atomic E-state index is 12.0. The summed E-state index contributed by atoms with van der Waals surface area (Å²) in [7, 11) is 1.62. The van der Waals surface area contributed by atoms with E-state index in [4.69, 9.17) is 4.74 Å². The van der Waals surface area contributed by atoms with Crippen LogP contribution in [0.15, 0.2) is 48.5 Å². The van der Waals surface area contributed by atoms with Gasteiger partial charge in [-0.3, -0.25) is 4.79 Å². The number of methoxy groups -OCH3 is 1. The number of para-hydroxylation sites is 1. The Bertz CT molecular complexity index is 561. The highest BCUT2D eigenvalue weighted by Gasteiger charge is 2.06. The Hall–Kier alpha value is -2.29. The van der Waals surface area contributed by atoms with Crippen LogP contribution >= 0.6 is 0 Å². The SMILES string of the molecule is [CH2]c1ccc(C(=O)NCc2ccccc2OC)cc1. The second-order valence-corrected chi connectivity index (χ2v) is 4.19. The van der Waals surface area contributed by atoms with Crippen molar-refractivity contribution >= 4 is 5.91 Å². The van der Waals surface area contributed by atoms with E-state index in [2.05, 4.69) is 12.2 Å². The second kappa shape index (κ2) is 6.05. The number of carbonyl (C=O) groups is 1. The van der Waals surface area contributed by atoms with Gasteiger partial charge in [-0.25, -0.2) is 0 Å². The summed E-state index contributed by atoms with van der Waals surface area (Å²) >= 11 is 0. The molecule has 0 fully saturated rings. The molecular weight excluding hydrogens is 238 g/mol. The molecule has 1 radical (unpaired) electrons. The van der Waals surface area contributed by atoms with Crippen LogP contribution in [-0.4, -0.2) is 13.0 Å². The van der Waals surface area contributed by atoms with Gasteiger partial charge >= 0.3 is 0 Å². The molecule has 0 saturated carbocycles. The van der Waals surface area contributed by atoms with Gasteiger partial charge in [0.2, 0.25) is 0 Å². The van der Waals surface area contributed by atoms with E-state index in [9.17, 15) is 4.79 Å². The molecule has 0 atom stereocenters. The lowest BCUT2D eigenvalue weighted by atomic mass is 10.1. The average molecular weight is 254 g/mol. The maximum Gasteiger partial charge on any atom is 0.251 e. The summed E-state index contributed by atoms with van der Waals surface area (Å²) in [6.45, 7) is 4.23. The molecule has 0 unspecified atom stereocenters. The Morgan fingerprint density at radius 2 is 1.84 bits per heavy atom. The molecule has 97 valence electrons. The zero-order valence-corrected chi connectivity index (χ0v) is 10.8. The molecular formula is C16H16NO2. The van der Waals surface area contributed by atoms with Gasteiger partial charge in [0, 0.05) is 17.7 Å². The Morgan fingerprint density at radius 1 is 1.16 bits per heavy atom. The van der Waals surface area contributed by atoms with Crippen LogP contribution < -0.4 is 10.1 Å². The molecule has 1 amide bonds. The molecule has 3 heteroatoms. The smallest absolute Gasteiger partial charge is 0.251 e. The first-order chi connectivity index (χ1) is 9.20. The largest absolute Gasteiger partial charge is 0.496 e. The number of ether oxygens (including phenoxy) is 1. The lowest BCUT2D eigenvalue weighted by Gasteiger charge is -2.09. The van der Waals surface area contributed by atoms with Crippen molar-refractivity contribution in [3.05, 3.63) is 72.1 Å². The van der Waals surface area contributed by atoms with Crippen molar-refractivity contribution in [2.45, 2.75) is 6.54 Å². The first-order valence-corrected chi connectivity index (χ1v) is 6.03. The summed E-state index contributed by atoms with van der Waals surface area (Å²) in [5.41, 5.74) is 2.47. The topological polar surface area (TPSA) is 38.3 Å². The molecule has 2 aromatic carbocycles. The predicted molar refractivity (Wildman–Crippen MR) is 75.1 cm³/mol. The number of hydrogen-bond donors (Lipinski definition) is 1. The highest BCUT2D eigenvalue weighted by molar-refractivity contribution is 5.94. The van der Waals surface area contributed by atoms with Crippen molar-refractivity contribution in [3.63, 3.8) is 0 Å². The Kier molecular flexibility index (Phi) is 4.18. The van der Waals surface area contributed by atoms with Gasteiger partial charge in [-0.15, -0.1) is 0 Å². The number of benzene rings is 2. The van der Waals surface area contributed by atoms with E-state index in [1.54, 1.807) is 19.2 Å². The van der Waals surface area contributed by atoms with Gasteiger partial charge < -0.3 is 10.1 Å². The number of hydrogen-bond acceptors (Lipinski definition) is 2. The molecule has 19 heavy (non-hydrogen) atoms. The van der Waals surface area contributed by atoms with Gasteiger partial charge in [-0.05, 0) is 30.7 Å². The maximum absolute atomic E-state index is 12.0. The number of carbonyl (C=O) groups excluding carboxylic acids is 1. The van der Waals surface area contributed by atoms with Crippen LogP contribution in [0.5, 0.6) is 5.75 Å². The predicted octanol–water partition coefficient (Wildman–Crippen LogP) is 2.81. The summed E-state index contributed by atoms with van der Waals surface area (Å²) in [4.78, 5) is 12.0. The summed E-state index contributed by atoms with van der Waals surface area (Å²) in [5, 5.41) is 2.87. The molecule has 0 aromatic heterocycles. The molecule has 0 aliphatic rings. The average Bonchev–Trinajstić information content (AvgIpc) is 2.45. The third-order valence-corrected chi connectivity index (χ3v) is 2.85. The van der Waals surface area contributed by atoms with Crippen molar-refractivity contribution in [2.75, 3.05) is 7.11 Å². The zero-order chi connectivity index (χ0) is 13.7. The van der Waals surface area contributed by atoms with Gasteiger partial charge in [-0.1, -0.05) is 30.3 Å². The van der Waals surface area contributed by atoms with Gasteiger partial charge in [0.25, 0.3) is 5.91 Å².